The molecule has 3 heterocycles. The van der Waals surface area contributed by atoms with Gasteiger partial charge < -0.3 is 10.4 Å². The lowest BCUT2D eigenvalue weighted by molar-refractivity contribution is -0.138. The second-order valence-electron chi connectivity index (χ2n) is 6.35. The van der Waals surface area contributed by atoms with Crippen molar-refractivity contribution in [2.45, 2.75) is 6.54 Å². The summed E-state index contributed by atoms with van der Waals surface area (Å²) in [4.78, 5) is 31.5. The zero-order chi connectivity index (χ0) is 20.2. The van der Waals surface area contributed by atoms with E-state index in [4.69, 9.17) is 5.11 Å². The van der Waals surface area contributed by atoms with Gasteiger partial charge in [0.15, 0.2) is 0 Å². The number of hydrogen-bond donors (Lipinski definition) is 2. The molecule has 8 nitrogen and oxygen atoms in total. The quantitative estimate of drug-likeness (QED) is 0.526. The molecule has 0 bridgehead atoms. The molecule has 0 radical (unpaired) electrons. The maximum atomic E-state index is 12.1. The van der Waals surface area contributed by atoms with E-state index in [0.29, 0.717) is 11.4 Å². The number of fused-ring (bicyclic) bond motifs is 1. The van der Waals surface area contributed by atoms with E-state index in [2.05, 4.69) is 20.4 Å². The first-order valence-electron chi connectivity index (χ1n) is 8.93. The van der Waals surface area contributed by atoms with Gasteiger partial charge in [0.1, 0.15) is 18.8 Å². The Bertz CT molecular complexity index is 1180. The van der Waals surface area contributed by atoms with Crippen LogP contribution in [-0.4, -0.2) is 43.3 Å². The number of pyridine rings is 2. The Kier molecular flexibility index (Phi) is 4.98. The third-order valence-corrected chi connectivity index (χ3v) is 4.35. The molecule has 3 aromatic heterocycles. The molecular weight excluding hydrogens is 370 g/mol. The van der Waals surface area contributed by atoms with E-state index < -0.39 is 18.4 Å². The van der Waals surface area contributed by atoms with Gasteiger partial charge in [-0.1, -0.05) is 24.3 Å². The monoisotopic (exact) mass is 387 g/mol. The summed E-state index contributed by atoms with van der Waals surface area (Å²) in [7, 11) is 0. The van der Waals surface area contributed by atoms with E-state index in [9.17, 15) is 9.59 Å². The van der Waals surface area contributed by atoms with Crippen LogP contribution in [0.5, 0.6) is 0 Å². The van der Waals surface area contributed by atoms with Gasteiger partial charge >= 0.3 is 5.97 Å². The van der Waals surface area contributed by atoms with Crippen LogP contribution in [0.4, 0.5) is 0 Å². The lowest BCUT2D eigenvalue weighted by Crippen LogP contribution is -2.32. The first-order chi connectivity index (χ1) is 14.1. The Morgan fingerprint density at radius 1 is 0.966 bits per heavy atom. The van der Waals surface area contributed by atoms with Crippen molar-refractivity contribution in [3.63, 3.8) is 0 Å². The molecule has 0 spiro atoms. The Hall–Kier alpha value is -4.07. The molecule has 0 aliphatic carbocycles. The minimum Gasteiger partial charge on any atom is -0.480 e. The van der Waals surface area contributed by atoms with Crippen molar-refractivity contribution in [3.05, 3.63) is 67.1 Å². The summed E-state index contributed by atoms with van der Waals surface area (Å²) in [5.41, 5.74) is 3.90. The van der Waals surface area contributed by atoms with E-state index >= 15 is 0 Å². The molecule has 1 amide bonds. The number of hydrogen-bond acceptors (Lipinski definition) is 5. The third kappa shape index (κ3) is 3.96. The highest BCUT2D eigenvalue weighted by atomic mass is 16.4. The number of carbonyl (C=O) groups excluding carboxylic acids is 1. The predicted molar refractivity (Wildman–Crippen MR) is 107 cm³/mol. The molecule has 0 atom stereocenters. The molecule has 0 saturated carbocycles. The molecule has 2 N–H and O–H groups in total. The van der Waals surface area contributed by atoms with Crippen molar-refractivity contribution < 1.29 is 14.7 Å². The first-order valence-corrected chi connectivity index (χ1v) is 8.93. The Morgan fingerprint density at radius 3 is 2.59 bits per heavy atom. The summed E-state index contributed by atoms with van der Waals surface area (Å²) in [6.07, 6.45) is 5.19. The summed E-state index contributed by atoms with van der Waals surface area (Å²) in [5, 5.41) is 16.6. The van der Waals surface area contributed by atoms with Crippen LogP contribution in [0.2, 0.25) is 0 Å². The van der Waals surface area contributed by atoms with Crippen molar-refractivity contribution in [1.29, 1.82) is 0 Å². The van der Waals surface area contributed by atoms with E-state index in [-0.39, 0.29) is 6.54 Å². The largest absolute Gasteiger partial charge is 0.480 e. The van der Waals surface area contributed by atoms with Gasteiger partial charge in [0.2, 0.25) is 5.91 Å². The lowest BCUT2D eigenvalue weighted by Gasteiger charge is -2.06. The smallest absolute Gasteiger partial charge is 0.322 e. The fourth-order valence-electron chi connectivity index (χ4n) is 3.10. The SMILES string of the molecule is O=C(O)CNC(=O)Cn1cc(-c2ccnc3ccccc23)c(-c2ccccn2)n1. The molecular formula is C21H17N5O3. The highest BCUT2D eigenvalue weighted by Gasteiger charge is 2.17. The van der Waals surface area contributed by atoms with Crippen LogP contribution in [0.25, 0.3) is 33.4 Å². The molecule has 0 saturated heterocycles. The number of rotatable bonds is 6. The number of aromatic nitrogens is 4. The van der Waals surface area contributed by atoms with Gasteiger partial charge in [-0.25, -0.2) is 0 Å². The molecule has 1 aromatic carbocycles. The summed E-state index contributed by atoms with van der Waals surface area (Å²) in [6, 6.07) is 15.2. The molecule has 144 valence electrons. The van der Waals surface area contributed by atoms with Crippen LogP contribution in [0, 0.1) is 0 Å². The van der Waals surface area contributed by atoms with Crippen molar-refractivity contribution in [2.75, 3.05) is 6.54 Å². The average molecular weight is 387 g/mol. The van der Waals surface area contributed by atoms with Crippen LogP contribution in [0.1, 0.15) is 0 Å². The summed E-state index contributed by atoms with van der Waals surface area (Å²) < 4.78 is 1.49. The number of nitrogens with one attached hydrogen (secondary N) is 1. The Labute approximate surface area is 165 Å². The zero-order valence-corrected chi connectivity index (χ0v) is 15.3. The standard InChI is InChI=1S/C21H17N5O3/c27-19(24-11-20(28)29)13-26-12-16(21(25-26)18-7-3-4-9-22-18)14-8-10-23-17-6-2-1-5-15(14)17/h1-10,12H,11,13H2,(H,24,27)(H,28,29). The van der Waals surface area contributed by atoms with Crippen molar-refractivity contribution in [3.8, 4) is 22.5 Å². The highest BCUT2D eigenvalue weighted by Crippen LogP contribution is 2.34. The van der Waals surface area contributed by atoms with E-state index in [1.165, 1.54) is 4.68 Å². The number of amides is 1. The zero-order valence-electron chi connectivity index (χ0n) is 15.3. The minimum absolute atomic E-state index is 0.101. The number of benzene rings is 1. The van der Waals surface area contributed by atoms with Gasteiger partial charge in [-0.15, -0.1) is 0 Å². The maximum Gasteiger partial charge on any atom is 0.322 e. The normalized spacial score (nSPS) is 10.8. The van der Waals surface area contributed by atoms with Crippen LogP contribution >= 0.6 is 0 Å². The highest BCUT2D eigenvalue weighted by molar-refractivity contribution is 5.97. The van der Waals surface area contributed by atoms with Gasteiger partial charge in [0, 0.05) is 29.5 Å². The molecule has 0 aliphatic rings. The second-order valence-corrected chi connectivity index (χ2v) is 6.35. The number of para-hydroxylation sites is 1. The second kappa shape index (κ2) is 7.89. The topological polar surface area (TPSA) is 110 Å². The molecule has 0 aliphatic heterocycles. The summed E-state index contributed by atoms with van der Waals surface area (Å²) in [5.74, 6) is -1.54. The third-order valence-electron chi connectivity index (χ3n) is 4.35. The van der Waals surface area contributed by atoms with Crippen LogP contribution in [0.3, 0.4) is 0 Å². The minimum atomic E-state index is -1.10. The number of carboxylic acids is 1. The first kappa shape index (κ1) is 18.3. The van der Waals surface area contributed by atoms with E-state index in [1.807, 2.05) is 48.5 Å². The fraction of sp³-hybridized carbons (Fsp3) is 0.0952. The Balaban J connectivity index is 1.79. The molecule has 29 heavy (non-hydrogen) atoms. The summed E-state index contributed by atoms with van der Waals surface area (Å²) in [6.45, 7) is -0.537. The summed E-state index contributed by atoms with van der Waals surface area (Å²) >= 11 is 0. The van der Waals surface area contributed by atoms with Crippen LogP contribution in [0.15, 0.2) is 67.1 Å². The molecule has 0 unspecified atom stereocenters. The van der Waals surface area contributed by atoms with Gasteiger partial charge in [-0.05, 0) is 29.8 Å². The van der Waals surface area contributed by atoms with Gasteiger partial charge in [-0.3, -0.25) is 24.2 Å². The number of carboxylic acid groups (broad SMARTS) is 1. The molecule has 4 rings (SSSR count). The van der Waals surface area contributed by atoms with Gasteiger partial charge in [0.25, 0.3) is 0 Å². The fourth-order valence-corrected chi connectivity index (χ4v) is 3.10. The van der Waals surface area contributed by atoms with E-state index in [1.54, 1.807) is 18.6 Å². The maximum absolute atomic E-state index is 12.1. The van der Waals surface area contributed by atoms with Crippen LogP contribution < -0.4 is 5.32 Å². The average Bonchev–Trinajstić information content (AvgIpc) is 3.16. The molecule has 4 aromatic rings. The van der Waals surface area contributed by atoms with Crippen molar-refractivity contribution in [2.24, 2.45) is 0 Å². The Morgan fingerprint density at radius 2 is 1.79 bits per heavy atom. The number of nitrogens with zero attached hydrogens (tertiary/aromatic N) is 4. The number of carbonyl (C=O) groups is 2. The lowest BCUT2D eigenvalue weighted by atomic mass is 10.0. The number of aliphatic carboxylic acids is 1. The molecule has 8 heteroatoms. The van der Waals surface area contributed by atoms with Crippen LogP contribution in [-0.2, 0) is 16.1 Å². The van der Waals surface area contributed by atoms with Gasteiger partial charge in [-0.2, -0.15) is 5.10 Å². The van der Waals surface area contributed by atoms with E-state index in [0.717, 1.165) is 22.0 Å². The molecule has 0 fully saturated rings. The van der Waals surface area contributed by atoms with Gasteiger partial charge in [0.05, 0.1) is 11.2 Å². The predicted octanol–water partition coefficient (Wildman–Crippen LogP) is 2.36. The van der Waals surface area contributed by atoms with Crippen molar-refractivity contribution in [1.82, 2.24) is 25.1 Å². The van der Waals surface area contributed by atoms with Crippen molar-refractivity contribution >= 4 is 22.8 Å².